The summed E-state index contributed by atoms with van der Waals surface area (Å²) in [5.74, 6) is 1.61. The van der Waals surface area contributed by atoms with Crippen LogP contribution in [0.1, 0.15) is 60.6 Å². The first-order valence-electron chi connectivity index (χ1n) is 10.8. The first-order valence-corrected chi connectivity index (χ1v) is 10.8. The molecule has 3 N–H and O–H groups in total. The minimum Gasteiger partial charge on any atom is -0.366 e. The molecule has 3 aliphatic carbocycles. The molecule has 2 amide bonds. The van der Waals surface area contributed by atoms with E-state index < -0.39 is 5.91 Å². The summed E-state index contributed by atoms with van der Waals surface area (Å²) in [6, 6.07) is 9.44. The van der Waals surface area contributed by atoms with Crippen LogP contribution in [0.5, 0.6) is 0 Å². The van der Waals surface area contributed by atoms with E-state index in [0.29, 0.717) is 17.4 Å². The molecule has 6 nitrogen and oxygen atoms in total. The number of amides is 2. The molecule has 6 rings (SSSR count). The normalized spacial score (nSPS) is 31.2. The van der Waals surface area contributed by atoms with Crippen LogP contribution in [-0.4, -0.2) is 22.3 Å². The molecule has 5 atom stereocenters. The summed E-state index contributed by atoms with van der Waals surface area (Å²) in [4.78, 5) is 31.4. The maximum absolute atomic E-state index is 13.0. The molecule has 156 valence electrons. The zero-order valence-electron chi connectivity index (χ0n) is 17.7. The number of carbonyl (C=O) groups excluding carboxylic acids is 2. The van der Waals surface area contributed by atoms with Gasteiger partial charge in [-0.2, -0.15) is 0 Å². The van der Waals surface area contributed by atoms with Crippen molar-refractivity contribution < 1.29 is 9.59 Å². The van der Waals surface area contributed by atoms with E-state index in [1.54, 1.807) is 19.2 Å². The molecular formula is C24H28N4O2. The van der Waals surface area contributed by atoms with Gasteiger partial charge in [-0.25, -0.2) is 4.98 Å². The molecule has 3 unspecified atom stereocenters. The van der Waals surface area contributed by atoms with Crippen molar-refractivity contribution in [3.63, 3.8) is 0 Å². The van der Waals surface area contributed by atoms with Crippen LogP contribution in [0.3, 0.4) is 0 Å². The summed E-state index contributed by atoms with van der Waals surface area (Å²) in [6.07, 6.45) is 5.33. The summed E-state index contributed by atoms with van der Waals surface area (Å²) < 4.78 is 0. The van der Waals surface area contributed by atoms with Crippen LogP contribution in [0.15, 0.2) is 36.5 Å². The molecule has 3 fully saturated rings. The summed E-state index contributed by atoms with van der Waals surface area (Å²) in [5, 5.41) is 3.64. The highest BCUT2D eigenvalue weighted by Crippen LogP contribution is 2.67. The van der Waals surface area contributed by atoms with Gasteiger partial charge >= 0.3 is 0 Å². The van der Waals surface area contributed by atoms with E-state index in [4.69, 9.17) is 5.73 Å². The smallest absolute Gasteiger partial charge is 0.248 e. The predicted molar refractivity (Wildman–Crippen MR) is 116 cm³/mol. The number of nitrogens with one attached hydrogen (secondary N) is 1. The molecule has 2 heterocycles. The van der Waals surface area contributed by atoms with Gasteiger partial charge in [-0.1, -0.05) is 6.92 Å². The van der Waals surface area contributed by atoms with Gasteiger partial charge < -0.3 is 16.0 Å². The Morgan fingerprint density at radius 2 is 1.93 bits per heavy atom. The molecular weight excluding hydrogens is 376 g/mol. The van der Waals surface area contributed by atoms with Gasteiger partial charge in [0.05, 0.1) is 11.6 Å². The summed E-state index contributed by atoms with van der Waals surface area (Å²) in [6.45, 7) is 5.95. The highest BCUT2D eigenvalue weighted by Gasteiger charge is 2.68. The van der Waals surface area contributed by atoms with Crippen LogP contribution in [-0.2, 0) is 4.79 Å². The molecule has 2 aromatic rings. The summed E-state index contributed by atoms with van der Waals surface area (Å²) in [7, 11) is 0. The average molecular weight is 405 g/mol. The van der Waals surface area contributed by atoms with E-state index in [-0.39, 0.29) is 23.4 Å². The number of pyridine rings is 1. The van der Waals surface area contributed by atoms with E-state index in [2.05, 4.69) is 17.2 Å². The third kappa shape index (κ3) is 2.45. The van der Waals surface area contributed by atoms with Crippen molar-refractivity contribution in [2.24, 2.45) is 23.5 Å². The highest BCUT2D eigenvalue weighted by molar-refractivity contribution is 5.98. The zero-order valence-corrected chi connectivity index (χ0v) is 17.7. The topological polar surface area (TPSA) is 88.3 Å². The van der Waals surface area contributed by atoms with Crippen LogP contribution in [0.25, 0.3) is 0 Å². The molecule has 1 aliphatic heterocycles. The Bertz CT molecular complexity index is 1040. The second-order valence-electron chi connectivity index (χ2n) is 9.22. The lowest BCUT2D eigenvalue weighted by molar-refractivity contribution is -0.121. The average Bonchev–Trinajstić information content (AvgIpc) is 3.33. The number of primary amides is 1. The number of aromatic nitrogens is 1. The molecule has 0 saturated heterocycles. The highest BCUT2D eigenvalue weighted by atomic mass is 16.2. The van der Waals surface area contributed by atoms with E-state index in [1.807, 2.05) is 36.1 Å². The number of anilines is 2. The van der Waals surface area contributed by atoms with Crippen LogP contribution in [0, 0.1) is 24.7 Å². The van der Waals surface area contributed by atoms with E-state index in [9.17, 15) is 9.59 Å². The Balaban J connectivity index is 1.69. The number of nitrogens with zero attached hydrogens (tertiary/aromatic N) is 2. The largest absolute Gasteiger partial charge is 0.366 e. The standard InChI is InChI=1S/C24H28N4O2/c1-13-8-9-26-21(10-13)27-22-14(2)24(17-5-6-18(24)12-17)28(15(3)29)20-7-4-16(23(25)30)11-19(20)22/h4,7-11,14,17-18,22H,5-6,12H2,1-3H3,(H2,25,30)(H,26,27)/t14-,17+,18?,22?,24?/m1/s1. The van der Waals surface area contributed by atoms with Crippen LogP contribution in [0.2, 0.25) is 0 Å². The van der Waals surface area contributed by atoms with Gasteiger partial charge in [0.1, 0.15) is 5.82 Å². The second-order valence-corrected chi connectivity index (χ2v) is 9.22. The lowest BCUT2D eigenvalue weighted by Gasteiger charge is -2.63. The van der Waals surface area contributed by atoms with Gasteiger partial charge in [0.15, 0.2) is 0 Å². The molecule has 1 spiro atoms. The van der Waals surface area contributed by atoms with Crippen molar-refractivity contribution in [2.45, 2.75) is 51.6 Å². The Morgan fingerprint density at radius 1 is 1.20 bits per heavy atom. The van der Waals surface area contributed by atoms with Gasteiger partial charge in [0, 0.05) is 30.3 Å². The Morgan fingerprint density at radius 3 is 2.53 bits per heavy atom. The van der Waals surface area contributed by atoms with Gasteiger partial charge in [0.2, 0.25) is 11.8 Å². The Labute approximate surface area is 176 Å². The number of benzene rings is 1. The summed E-state index contributed by atoms with van der Waals surface area (Å²) in [5.41, 5.74) is 8.84. The quantitative estimate of drug-likeness (QED) is 0.814. The second kappa shape index (κ2) is 6.56. The SMILES string of the molecule is CC(=O)N1c2ccc(C(N)=O)cc2C(Nc2cc(C)ccn2)[C@@H](C)C12C1CC[C@H]2C1. The number of hydrogen-bond acceptors (Lipinski definition) is 4. The molecule has 1 aromatic heterocycles. The van der Waals surface area contributed by atoms with Gasteiger partial charge in [0.25, 0.3) is 0 Å². The Hall–Kier alpha value is -2.89. The minimum absolute atomic E-state index is 0.0624. The molecule has 1 aromatic carbocycles. The fourth-order valence-electron chi connectivity index (χ4n) is 6.63. The lowest BCUT2D eigenvalue weighted by atomic mass is 9.54. The molecule has 30 heavy (non-hydrogen) atoms. The first kappa shape index (κ1) is 19.1. The van der Waals surface area contributed by atoms with Crippen LogP contribution in [0.4, 0.5) is 11.5 Å². The third-order valence-corrected chi connectivity index (χ3v) is 7.78. The third-order valence-electron chi connectivity index (χ3n) is 7.78. The molecule has 6 heteroatoms. The molecule has 4 aliphatic rings. The maximum atomic E-state index is 13.0. The van der Waals surface area contributed by atoms with Gasteiger partial charge in [-0.3, -0.25) is 9.59 Å². The summed E-state index contributed by atoms with van der Waals surface area (Å²) >= 11 is 0. The zero-order chi connectivity index (χ0) is 21.2. The number of hydrogen-bond donors (Lipinski definition) is 2. The van der Waals surface area contributed by atoms with Crippen molar-refractivity contribution in [3.8, 4) is 0 Å². The van der Waals surface area contributed by atoms with E-state index >= 15 is 0 Å². The first-order chi connectivity index (χ1) is 14.3. The Kier molecular flexibility index (Phi) is 4.17. The molecule has 0 radical (unpaired) electrons. The monoisotopic (exact) mass is 404 g/mol. The van der Waals surface area contributed by atoms with Gasteiger partial charge in [-0.05, 0) is 79.5 Å². The van der Waals surface area contributed by atoms with Gasteiger partial charge in [-0.15, -0.1) is 0 Å². The number of nitrogens with two attached hydrogens (primary N) is 1. The van der Waals surface area contributed by atoms with Crippen LogP contribution >= 0.6 is 0 Å². The number of aryl methyl sites for hydroxylation is 1. The van der Waals surface area contributed by atoms with E-state index in [0.717, 1.165) is 22.6 Å². The fraction of sp³-hybridized carbons (Fsp3) is 0.458. The van der Waals surface area contributed by atoms with Crippen molar-refractivity contribution in [1.29, 1.82) is 0 Å². The number of fused-ring (bicyclic) bond motifs is 2. The fourth-order valence-corrected chi connectivity index (χ4v) is 6.63. The van der Waals surface area contributed by atoms with Crippen LogP contribution < -0.4 is 16.0 Å². The predicted octanol–water partition coefficient (Wildman–Crippen LogP) is 3.81. The maximum Gasteiger partial charge on any atom is 0.248 e. The minimum atomic E-state index is -0.462. The lowest BCUT2D eigenvalue weighted by Crippen LogP contribution is -2.70. The van der Waals surface area contributed by atoms with Crippen molar-refractivity contribution in [1.82, 2.24) is 4.98 Å². The number of carbonyl (C=O) groups is 2. The molecule has 3 saturated carbocycles. The van der Waals surface area contributed by atoms with Crippen molar-refractivity contribution in [2.75, 3.05) is 10.2 Å². The van der Waals surface area contributed by atoms with Crippen molar-refractivity contribution in [3.05, 3.63) is 53.2 Å². The number of rotatable bonds is 3. The van der Waals surface area contributed by atoms with E-state index in [1.165, 1.54) is 19.3 Å². The van der Waals surface area contributed by atoms with Crippen molar-refractivity contribution >= 4 is 23.3 Å². The molecule has 2 bridgehead atoms.